The Morgan fingerprint density at radius 3 is 2.64 bits per heavy atom. The molecule has 5 nitrogen and oxygen atoms in total. The van der Waals surface area contributed by atoms with Crippen LogP contribution in [0.5, 0.6) is 5.88 Å². The first-order valence-corrected chi connectivity index (χ1v) is 7.23. The van der Waals surface area contributed by atoms with Crippen LogP contribution < -0.4 is 4.74 Å². The summed E-state index contributed by atoms with van der Waals surface area (Å²) in [6, 6.07) is 11.5. The number of benzene rings is 1. The summed E-state index contributed by atoms with van der Waals surface area (Å²) in [4.78, 5) is 16.1. The Morgan fingerprint density at radius 1 is 1.36 bits per heavy atom. The van der Waals surface area contributed by atoms with Gasteiger partial charge in [-0.15, -0.1) is 0 Å². The lowest BCUT2D eigenvalue weighted by Crippen LogP contribution is -2.10. The molecule has 0 atom stereocenters. The van der Waals surface area contributed by atoms with Gasteiger partial charge in [0.05, 0.1) is 22.8 Å². The third-order valence-corrected chi connectivity index (χ3v) is 3.96. The predicted octanol–water partition coefficient (Wildman–Crippen LogP) is 3.39. The number of pyridine rings is 1. The highest BCUT2D eigenvalue weighted by Gasteiger charge is 2.23. The monoisotopic (exact) mass is 360 g/mol. The topological polar surface area (TPSA) is 72.2 Å². The van der Waals surface area contributed by atoms with Gasteiger partial charge in [-0.1, -0.05) is 30.3 Å². The van der Waals surface area contributed by atoms with E-state index in [0.717, 1.165) is 5.56 Å². The van der Waals surface area contributed by atoms with Gasteiger partial charge < -0.3 is 9.47 Å². The van der Waals surface area contributed by atoms with Gasteiger partial charge in [-0.3, -0.25) is 0 Å². The highest BCUT2D eigenvalue weighted by atomic mass is 79.9. The smallest absolute Gasteiger partial charge is 0.340 e. The van der Waals surface area contributed by atoms with Gasteiger partial charge in [0.15, 0.2) is 0 Å². The molecule has 2 rings (SSSR count). The molecule has 0 spiro atoms. The van der Waals surface area contributed by atoms with E-state index in [0.29, 0.717) is 10.2 Å². The summed E-state index contributed by atoms with van der Waals surface area (Å²) in [5.41, 5.74) is 1.66. The fraction of sp³-hybridized carbons (Fsp3) is 0.188. The van der Waals surface area contributed by atoms with Crippen molar-refractivity contribution in [3.05, 3.63) is 57.2 Å². The van der Waals surface area contributed by atoms with Gasteiger partial charge >= 0.3 is 5.97 Å². The van der Waals surface area contributed by atoms with Crippen molar-refractivity contribution < 1.29 is 14.3 Å². The number of aromatic nitrogens is 1. The number of rotatable bonds is 4. The van der Waals surface area contributed by atoms with Gasteiger partial charge in [-0.25, -0.2) is 9.78 Å². The molecule has 0 aliphatic heterocycles. The fourth-order valence-electron chi connectivity index (χ4n) is 1.88. The first-order valence-electron chi connectivity index (χ1n) is 6.43. The van der Waals surface area contributed by atoms with E-state index in [-0.39, 0.29) is 23.6 Å². The Labute approximate surface area is 136 Å². The second-order valence-electron chi connectivity index (χ2n) is 4.44. The fourth-order valence-corrected chi connectivity index (χ4v) is 2.33. The minimum absolute atomic E-state index is 0.0558. The minimum atomic E-state index is -0.613. The molecule has 0 fully saturated rings. The molecule has 0 radical (unpaired) electrons. The zero-order valence-corrected chi connectivity index (χ0v) is 13.7. The van der Waals surface area contributed by atoms with E-state index >= 15 is 0 Å². The molecule has 1 aromatic carbocycles. The average molecular weight is 361 g/mol. The van der Waals surface area contributed by atoms with Crippen molar-refractivity contribution in [1.82, 2.24) is 4.98 Å². The SMILES string of the molecule is COC(=O)c1c(Br)c(C)nc(OCc2ccccc2)c1C#N. The number of esters is 1. The number of carbonyl (C=O) groups is 1. The molecule has 0 aliphatic carbocycles. The van der Waals surface area contributed by atoms with Crippen LogP contribution in [0.25, 0.3) is 0 Å². The van der Waals surface area contributed by atoms with Crippen molar-refractivity contribution in [2.45, 2.75) is 13.5 Å². The molecule has 1 aromatic heterocycles. The van der Waals surface area contributed by atoms with Crippen molar-refractivity contribution in [2.24, 2.45) is 0 Å². The summed E-state index contributed by atoms with van der Waals surface area (Å²) in [6.07, 6.45) is 0. The first-order chi connectivity index (χ1) is 10.6. The summed E-state index contributed by atoms with van der Waals surface area (Å²) in [6.45, 7) is 1.97. The van der Waals surface area contributed by atoms with Crippen molar-refractivity contribution in [2.75, 3.05) is 7.11 Å². The van der Waals surface area contributed by atoms with Crippen LogP contribution in [0.2, 0.25) is 0 Å². The lowest BCUT2D eigenvalue weighted by Gasteiger charge is -2.12. The van der Waals surface area contributed by atoms with E-state index in [1.165, 1.54) is 7.11 Å². The Balaban J connectivity index is 2.41. The van der Waals surface area contributed by atoms with Crippen LogP contribution in [-0.2, 0) is 11.3 Å². The lowest BCUT2D eigenvalue weighted by atomic mass is 10.1. The number of nitrogens with zero attached hydrogens (tertiary/aromatic N) is 2. The van der Waals surface area contributed by atoms with Gasteiger partial charge in [0.2, 0.25) is 5.88 Å². The van der Waals surface area contributed by atoms with Gasteiger partial charge in [0, 0.05) is 0 Å². The summed E-state index contributed by atoms with van der Waals surface area (Å²) in [5.74, 6) is -0.495. The van der Waals surface area contributed by atoms with Crippen LogP contribution in [-0.4, -0.2) is 18.1 Å². The van der Waals surface area contributed by atoms with Crippen molar-refractivity contribution in [1.29, 1.82) is 5.26 Å². The normalized spacial score (nSPS) is 9.91. The minimum Gasteiger partial charge on any atom is -0.472 e. The molecule has 1 heterocycles. The Bertz CT molecular complexity index is 739. The molecule has 0 bridgehead atoms. The zero-order chi connectivity index (χ0) is 16.1. The van der Waals surface area contributed by atoms with Crippen LogP contribution in [0.4, 0.5) is 0 Å². The molecular weight excluding hydrogens is 348 g/mol. The van der Waals surface area contributed by atoms with Crippen molar-refractivity contribution in [3.8, 4) is 11.9 Å². The predicted molar refractivity (Wildman–Crippen MR) is 83.5 cm³/mol. The van der Waals surface area contributed by atoms with E-state index in [1.807, 2.05) is 36.4 Å². The molecule has 0 aliphatic rings. The number of methoxy groups -OCH3 is 1. The Morgan fingerprint density at radius 2 is 2.05 bits per heavy atom. The van der Waals surface area contributed by atoms with Crippen LogP contribution >= 0.6 is 15.9 Å². The molecule has 6 heteroatoms. The maximum atomic E-state index is 11.9. The van der Waals surface area contributed by atoms with E-state index in [1.54, 1.807) is 6.92 Å². The number of nitriles is 1. The van der Waals surface area contributed by atoms with Crippen molar-refractivity contribution >= 4 is 21.9 Å². The van der Waals surface area contributed by atoms with Crippen LogP contribution in [0, 0.1) is 18.3 Å². The molecule has 0 amide bonds. The number of hydrogen-bond donors (Lipinski definition) is 0. The van der Waals surface area contributed by atoms with Crippen LogP contribution in [0.1, 0.15) is 27.2 Å². The van der Waals surface area contributed by atoms with Crippen molar-refractivity contribution in [3.63, 3.8) is 0 Å². The average Bonchev–Trinajstić information content (AvgIpc) is 2.55. The summed E-state index contributed by atoms with van der Waals surface area (Å²) < 4.78 is 10.8. The highest BCUT2D eigenvalue weighted by molar-refractivity contribution is 9.10. The van der Waals surface area contributed by atoms with Gasteiger partial charge in [-0.2, -0.15) is 5.26 Å². The quantitative estimate of drug-likeness (QED) is 0.781. The Hall–Kier alpha value is -2.39. The maximum absolute atomic E-state index is 11.9. The molecule has 112 valence electrons. The lowest BCUT2D eigenvalue weighted by molar-refractivity contribution is 0.0598. The van der Waals surface area contributed by atoms with E-state index in [4.69, 9.17) is 9.47 Å². The zero-order valence-electron chi connectivity index (χ0n) is 12.1. The molecule has 0 saturated carbocycles. The third kappa shape index (κ3) is 3.26. The number of carbonyl (C=O) groups excluding carboxylic acids is 1. The molecule has 0 unspecified atom stereocenters. The van der Waals surface area contributed by atoms with Gasteiger partial charge in [0.25, 0.3) is 0 Å². The molecular formula is C16H13BrN2O3. The van der Waals surface area contributed by atoms with E-state index in [9.17, 15) is 10.1 Å². The van der Waals surface area contributed by atoms with Crippen LogP contribution in [0.15, 0.2) is 34.8 Å². The second kappa shape index (κ2) is 7.05. The van der Waals surface area contributed by atoms with Crippen LogP contribution in [0.3, 0.4) is 0 Å². The highest BCUT2D eigenvalue weighted by Crippen LogP contribution is 2.30. The third-order valence-electron chi connectivity index (χ3n) is 2.99. The summed E-state index contributed by atoms with van der Waals surface area (Å²) in [5, 5.41) is 9.36. The maximum Gasteiger partial charge on any atom is 0.340 e. The number of aryl methyl sites for hydroxylation is 1. The van der Waals surface area contributed by atoms with E-state index < -0.39 is 5.97 Å². The molecule has 2 aromatic rings. The summed E-state index contributed by atoms with van der Waals surface area (Å²) in [7, 11) is 1.26. The van der Waals surface area contributed by atoms with Gasteiger partial charge in [0.1, 0.15) is 18.2 Å². The van der Waals surface area contributed by atoms with Gasteiger partial charge in [-0.05, 0) is 28.4 Å². The molecule has 22 heavy (non-hydrogen) atoms. The Kier molecular flexibility index (Phi) is 5.12. The molecule has 0 saturated heterocycles. The largest absolute Gasteiger partial charge is 0.472 e. The number of halogens is 1. The standard InChI is InChI=1S/C16H13BrN2O3/c1-10-14(17)13(16(20)21-2)12(8-18)15(19-10)22-9-11-6-4-3-5-7-11/h3-7H,9H2,1-2H3. The number of ether oxygens (including phenoxy) is 2. The number of hydrogen-bond acceptors (Lipinski definition) is 5. The van der Waals surface area contributed by atoms with E-state index in [2.05, 4.69) is 20.9 Å². The molecule has 0 N–H and O–H groups in total. The second-order valence-corrected chi connectivity index (χ2v) is 5.24. The first kappa shape index (κ1) is 16.0. The summed E-state index contributed by atoms with van der Waals surface area (Å²) >= 11 is 3.27.